The van der Waals surface area contributed by atoms with Crippen molar-refractivity contribution in [1.29, 1.82) is 0 Å². The molecule has 0 aliphatic carbocycles. The van der Waals surface area contributed by atoms with E-state index in [0.717, 1.165) is 0 Å². The molecule has 18 nitrogen and oxygen atoms in total. The van der Waals surface area contributed by atoms with Crippen molar-refractivity contribution < 1.29 is 83.5 Å². The van der Waals surface area contributed by atoms with E-state index in [9.17, 15) is 41.5 Å². The van der Waals surface area contributed by atoms with Crippen LogP contribution in [-0.4, -0.2) is 127 Å². The summed E-state index contributed by atoms with van der Waals surface area (Å²) in [5, 5.41) is 0. The van der Waals surface area contributed by atoms with E-state index in [1.165, 1.54) is 0 Å². The van der Waals surface area contributed by atoms with Crippen molar-refractivity contribution in [3.63, 3.8) is 0 Å². The third-order valence-electron chi connectivity index (χ3n) is 0.580. The van der Waals surface area contributed by atoms with E-state index in [1.54, 1.807) is 0 Å². The molecule has 0 heterocycles. The summed E-state index contributed by atoms with van der Waals surface area (Å²) in [4.78, 5) is 74.3. The van der Waals surface area contributed by atoms with Crippen molar-refractivity contribution in [2.45, 2.75) is 0 Å². The molecule has 0 saturated carbocycles. The zero-order valence-electron chi connectivity index (χ0n) is 11.0. The standard InChI is InChI=1S/Al.3GeH4.3H2O6PSi/c;;;;3*1-7(2,3)6-8(4)5/h;3*1H4;3*(H2,1,2,3)/q+3;;;;3*-1. The van der Waals surface area contributed by atoms with E-state index in [0.29, 0.717) is 0 Å². The average Bonchev–Trinajstić information content (AvgIpc) is 2.04. The molecule has 0 aromatic heterocycles. The molecule has 0 unspecified atom stereocenters. The Morgan fingerprint density at radius 3 is 0.643 bits per heavy atom. The van der Waals surface area contributed by atoms with Crippen LogP contribution in [0.15, 0.2) is 0 Å². The van der Waals surface area contributed by atoms with E-state index in [2.05, 4.69) is 12.6 Å². The fraction of sp³-hybridized carbons (Fsp3) is 0. The second-order valence-corrected chi connectivity index (χ2v) is 9.13. The van der Waals surface area contributed by atoms with Crippen LogP contribution in [0, 0.1) is 0 Å². The van der Waals surface area contributed by atoms with Crippen molar-refractivity contribution in [2.24, 2.45) is 0 Å². The summed E-state index contributed by atoms with van der Waals surface area (Å²) >= 11 is 0. The van der Waals surface area contributed by atoms with Crippen LogP contribution in [0.25, 0.3) is 0 Å². The number of hydrogen-bond acceptors (Lipinski definition) is 12. The Kier molecular flexibility index (Phi) is 36.6. The minimum atomic E-state index is -4.80. The third kappa shape index (κ3) is 71.0. The Morgan fingerprint density at radius 1 is 0.536 bits per heavy atom. The van der Waals surface area contributed by atoms with Crippen molar-refractivity contribution >= 4 is 121 Å². The van der Waals surface area contributed by atoms with Crippen LogP contribution < -0.4 is 14.4 Å². The monoisotopic (exact) mass is 732 g/mol. The van der Waals surface area contributed by atoms with Crippen LogP contribution in [0.4, 0.5) is 0 Å². The van der Waals surface area contributed by atoms with Crippen LogP contribution >= 0.6 is 23.5 Å². The first-order valence-corrected chi connectivity index (χ1v) is 12.4. The molecule has 0 atom stereocenters. The van der Waals surface area contributed by atoms with Gasteiger partial charge in [-0.05, 0) is 0 Å². The molecular formula is H18AlGe3O18P3Si3. The topological polar surface area (TPSA) is 321 Å². The molecule has 28 heteroatoms. The molecule has 0 fully saturated rings. The predicted molar refractivity (Wildman–Crippen MR) is 98.5 cm³/mol. The SMILES string of the molecule is O=[Si]([O-])OP(=O)(O)O.O=[Si]([O-])OP(=O)(O)O.O=[Si]([O-])OP(=O)(O)O.[Al+3].[GeH4].[GeH4].[GeH4]. The molecule has 0 spiro atoms. The summed E-state index contributed by atoms with van der Waals surface area (Å²) < 4.78 is 66.0. The van der Waals surface area contributed by atoms with Gasteiger partial charge < -0.3 is 69.8 Å². The molecule has 0 aliphatic heterocycles. The van der Waals surface area contributed by atoms with E-state index in [-0.39, 0.29) is 70.2 Å². The number of rotatable bonds is 6. The summed E-state index contributed by atoms with van der Waals surface area (Å²) in [6.45, 7) is 0. The summed E-state index contributed by atoms with van der Waals surface area (Å²) in [6.07, 6.45) is 0. The Hall–Kier alpha value is 1.46. The van der Waals surface area contributed by atoms with Gasteiger partial charge in [0.1, 0.15) is 0 Å². The molecule has 0 radical (unpaired) electrons. The zero-order chi connectivity index (χ0) is 20.4. The molecule has 0 aromatic rings. The molecule has 6 N–H and O–H groups in total. The maximum atomic E-state index is 9.54. The molecule has 0 saturated heterocycles. The van der Waals surface area contributed by atoms with Gasteiger partial charge in [0, 0.05) is 0 Å². The van der Waals surface area contributed by atoms with Gasteiger partial charge in [-0.3, -0.25) is 0 Å². The summed E-state index contributed by atoms with van der Waals surface area (Å²) in [7, 11) is -25.7. The van der Waals surface area contributed by atoms with Gasteiger partial charge in [-0.15, -0.1) is 0 Å². The quantitative estimate of drug-likeness (QED) is 0.109. The van der Waals surface area contributed by atoms with Crippen LogP contribution in [0.1, 0.15) is 0 Å². The molecule has 168 valence electrons. The van der Waals surface area contributed by atoms with E-state index in [1.807, 2.05) is 0 Å². The zero-order valence-corrected chi connectivity index (χ0v) is 17.8. The van der Waals surface area contributed by atoms with Gasteiger partial charge in [-0.1, -0.05) is 0 Å². The first-order valence-electron chi connectivity index (χ1n) is 4.13. The van der Waals surface area contributed by atoms with Crippen LogP contribution in [-0.2, 0) is 39.7 Å². The van der Waals surface area contributed by atoms with Gasteiger partial charge in [0.15, 0.2) is 0 Å². The Balaban J connectivity index is -0.0000000441. The summed E-state index contributed by atoms with van der Waals surface area (Å²) in [5.41, 5.74) is 0. The first kappa shape index (κ1) is 47.3. The van der Waals surface area contributed by atoms with Gasteiger partial charge >= 0.3 is 121 Å². The Labute approximate surface area is 203 Å². The van der Waals surface area contributed by atoms with Gasteiger partial charge in [0.25, 0.3) is 0 Å². The fourth-order valence-electron chi connectivity index (χ4n) is 0.291. The Bertz CT molecular complexity index is 495. The molecule has 0 aliphatic rings. The molecular weight excluding hydrogens is 710 g/mol. The fourth-order valence-corrected chi connectivity index (χ4v) is 2.62. The Morgan fingerprint density at radius 2 is 0.643 bits per heavy atom. The van der Waals surface area contributed by atoms with Gasteiger partial charge in [0.05, 0.1) is 0 Å². The molecule has 28 heavy (non-hydrogen) atoms. The molecule has 0 aromatic carbocycles. The summed E-state index contributed by atoms with van der Waals surface area (Å²) in [5.74, 6) is 0. The van der Waals surface area contributed by atoms with Crippen molar-refractivity contribution in [1.82, 2.24) is 0 Å². The second kappa shape index (κ2) is 21.7. The first-order chi connectivity index (χ1) is 10.2. The van der Waals surface area contributed by atoms with Crippen LogP contribution in [0.2, 0.25) is 0 Å². The van der Waals surface area contributed by atoms with Gasteiger partial charge in [-0.2, -0.15) is 0 Å². The second-order valence-electron chi connectivity index (χ2n) is 2.50. The van der Waals surface area contributed by atoms with E-state index >= 15 is 0 Å². The van der Waals surface area contributed by atoms with E-state index < -0.39 is 51.0 Å². The van der Waals surface area contributed by atoms with Crippen molar-refractivity contribution in [3.8, 4) is 0 Å². The van der Waals surface area contributed by atoms with Gasteiger partial charge in [-0.25, -0.2) is 13.7 Å². The minimum absolute atomic E-state index is 0. The predicted octanol–water partition coefficient (Wildman–Crippen LogP) is -11.1. The third-order valence-corrected chi connectivity index (χ3v) is 5.22. The van der Waals surface area contributed by atoms with Crippen molar-refractivity contribution in [2.75, 3.05) is 0 Å². The molecule has 0 amide bonds. The van der Waals surface area contributed by atoms with E-state index in [4.69, 9.17) is 29.4 Å². The van der Waals surface area contributed by atoms with Crippen LogP contribution in [0.3, 0.4) is 0 Å². The van der Waals surface area contributed by atoms with Crippen LogP contribution in [0.5, 0.6) is 0 Å². The number of phosphoric acid groups is 3. The molecule has 0 rings (SSSR count). The average molecular weight is 728 g/mol. The maximum absolute atomic E-state index is 9.54. The van der Waals surface area contributed by atoms with Gasteiger partial charge in [0.2, 0.25) is 0 Å². The summed E-state index contributed by atoms with van der Waals surface area (Å²) in [6, 6.07) is 0. The molecule has 0 bridgehead atoms. The van der Waals surface area contributed by atoms with Crippen molar-refractivity contribution in [3.05, 3.63) is 0 Å². The number of hydrogen-bond donors (Lipinski definition) is 6. The normalized spacial score (nSPS) is 9.21.